The van der Waals surface area contributed by atoms with Gasteiger partial charge in [0.05, 0.1) is 5.69 Å². The molecule has 0 bridgehead atoms. The molecule has 19 heavy (non-hydrogen) atoms. The van der Waals surface area contributed by atoms with Crippen LogP contribution in [0, 0.1) is 5.82 Å². The normalized spacial score (nSPS) is 10.4. The van der Waals surface area contributed by atoms with Crippen LogP contribution in [0.15, 0.2) is 48.5 Å². The van der Waals surface area contributed by atoms with E-state index in [2.05, 4.69) is 24.4 Å². The average Bonchev–Trinajstić information content (AvgIpc) is 2.44. The number of rotatable bonds is 6. The van der Waals surface area contributed by atoms with Crippen molar-refractivity contribution in [1.82, 2.24) is 0 Å². The van der Waals surface area contributed by atoms with Crippen LogP contribution in [0.1, 0.15) is 31.7 Å². The van der Waals surface area contributed by atoms with Gasteiger partial charge in [-0.15, -0.1) is 0 Å². The highest BCUT2D eigenvalue weighted by molar-refractivity contribution is 5.60. The van der Waals surface area contributed by atoms with Crippen LogP contribution in [0.25, 0.3) is 0 Å². The Hall–Kier alpha value is -1.83. The maximum absolute atomic E-state index is 13.5. The van der Waals surface area contributed by atoms with Gasteiger partial charge >= 0.3 is 0 Å². The Morgan fingerprint density at radius 2 is 1.68 bits per heavy atom. The van der Waals surface area contributed by atoms with Gasteiger partial charge in [0.1, 0.15) is 5.82 Å². The molecule has 2 heteroatoms. The Balaban J connectivity index is 1.97. The van der Waals surface area contributed by atoms with Crippen LogP contribution < -0.4 is 5.32 Å². The van der Waals surface area contributed by atoms with Gasteiger partial charge in [-0.25, -0.2) is 4.39 Å². The average molecular weight is 257 g/mol. The fraction of sp³-hybridized carbons (Fsp3) is 0.294. The smallest absolute Gasteiger partial charge is 0.146 e. The molecule has 2 aromatic carbocycles. The Kier molecular flexibility index (Phi) is 4.96. The summed E-state index contributed by atoms with van der Waals surface area (Å²) < 4.78 is 13.5. The molecule has 0 aromatic heterocycles. The van der Waals surface area contributed by atoms with E-state index in [1.165, 1.54) is 30.9 Å². The Labute approximate surface area is 114 Å². The highest BCUT2D eigenvalue weighted by Gasteiger charge is 2.00. The highest BCUT2D eigenvalue weighted by atomic mass is 19.1. The molecule has 0 heterocycles. The third-order valence-corrected chi connectivity index (χ3v) is 3.18. The largest absolute Gasteiger partial charge is 0.353 e. The first-order valence-electron chi connectivity index (χ1n) is 6.90. The fourth-order valence-corrected chi connectivity index (χ4v) is 2.05. The summed E-state index contributed by atoms with van der Waals surface area (Å²) >= 11 is 0. The summed E-state index contributed by atoms with van der Waals surface area (Å²) in [6, 6.07) is 15.0. The third kappa shape index (κ3) is 4.09. The van der Waals surface area contributed by atoms with Gasteiger partial charge in [-0.3, -0.25) is 0 Å². The number of hydrogen-bond donors (Lipinski definition) is 1. The number of halogens is 1. The minimum absolute atomic E-state index is 0.227. The summed E-state index contributed by atoms with van der Waals surface area (Å²) in [5.41, 5.74) is 2.78. The van der Waals surface area contributed by atoms with E-state index in [1.807, 2.05) is 18.2 Å². The molecule has 2 aromatic rings. The first kappa shape index (κ1) is 13.6. The number of unbranched alkanes of at least 4 members (excludes halogenated alkanes) is 2. The van der Waals surface area contributed by atoms with E-state index in [0.717, 1.165) is 12.1 Å². The van der Waals surface area contributed by atoms with Crippen LogP contribution in [0.3, 0.4) is 0 Å². The molecule has 0 saturated carbocycles. The second-order valence-electron chi connectivity index (χ2n) is 4.76. The number of aryl methyl sites for hydroxylation is 1. The van der Waals surface area contributed by atoms with Crippen molar-refractivity contribution >= 4 is 11.4 Å². The monoisotopic (exact) mass is 257 g/mol. The zero-order chi connectivity index (χ0) is 13.5. The van der Waals surface area contributed by atoms with Gasteiger partial charge in [0.25, 0.3) is 0 Å². The van der Waals surface area contributed by atoms with Crippen LogP contribution in [0.5, 0.6) is 0 Å². The predicted molar refractivity (Wildman–Crippen MR) is 79.4 cm³/mol. The summed E-state index contributed by atoms with van der Waals surface area (Å²) in [6.07, 6.45) is 4.87. The summed E-state index contributed by atoms with van der Waals surface area (Å²) in [6.45, 7) is 2.21. The van der Waals surface area contributed by atoms with Crippen LogP contribution in [-0.4, -0.2) is 0 Å². The van der Waals surface area contributed by atoms with E-state index in [1.54, 1.807) is 12.1 Å². The first-order chi connectivity index (χ1) is 9.29. The van der Waals surface area contributed by atoms with Crippen LogP contribution >= 0.6 is 0 Å². The molecule has 0 amide bonds. The predicted octanol–water partition coefficient (Wildman–Crippen LogP) is 5.30. The molecule has 100 valence electrons. The van der Waals surface area contributed by atoms with Gasteiger partial charge in [0.15, 0.2) is 0 Å². The van der Waals surface area contributed by atoms with Crippen LogP contribution in [-0.2, 0) is 6.42 Å². The van der Waals surface area contributed by atoms with E-state index in [9.17, 15) is 4.39 Å². The molecule has 0 fully saturated rings. The lowest BCUT2D eigenvalue weighted by molar-refractivity contribution is 0.632. The van der Waals surface area contributed by atoms with Gasteiger partial charge in [0, 0.05) is 5.69 Å². The quantitative estimate of drug-likeness (QED) is 0.692. The summed E-state index contributed by atoms with van der Waals surface area (Å²) in [5, 5.41) is 3.09. The van der Waals surface area contributed by atoms with Gasteiger partial charge in [-0.05, 0) is 42.7 Å². The molecule has 0 atom stereocenters. The topological polar surface area (TPSA) is 12.0 Å². The lowest BCUT2D eigenvalue weighted by Crippen LogP contribution is -1.93. The molecule has 1 N–H and O–H groups in total. The minimum atomic E-state index is -0.227. The summed E-state index contributed by atoms with van der Waals surface area (Å²) in [4.78, 5) is 0. The van der Waals surface area contributed by atoms with Crippen molar-refractivity contribution < 1.29 is 4.39 Å². The molecule has 0 aliphatic rings. The van der Waals surface area contributed by atoms with Gasteiger partial charge in [-0.2, -0.15) is 0 Å². The van der Waals surface area contributed by atoms with Crippen molar-refractivity contribution in [2.45, 2.75) is 32.6 Å². The molecule has 0 spiro atoms. The maximum Gasteiger partial charge on any atom is 0.146 e. The number of hydrogen-bond acceptors (Lipinski definition) is 1. The lowest BCUT2D eigenvalue weighted by atomic mass is 10.1. The zero-order valence-corrected chi connectivity index (χ0v) is 11.3. The SMILES string of the molecule is CCCCCc1ccc(Nc2ccccc2F)cc1. The third-order valence-electron chi connectivity index (χ3n) is 3.18. The van der Waals surface area contributed by atoms with Crippen LogP contribution in [0.4, 0.5) is 15.8 Å². The Morgan fingerprint density at radius 3 is 2.37 bits per heavy atom. The molecule has 0 aliphatic carbocycles. The lowest BCUT2D eigenvalue weighted by Gasteiger charge is -2.08. The summed E-state index contributed by atoms with van der Waals surface area (Å²) in [7, 11) is 0. The van der Waals surface area contributed by atoms with E-state index >= 15 is 0 Å². The molecule has 1 nitrogen and oxygen atoms in total. The van der Waals surface area contributed by atoms with Crippen LogP contribution in [0.2, 0.25) is 0 Å². The van der Waals surface area contributed by atoms with Gasteiger partial charge in [0.2, 0.25) is 0 Å². The first-order valence-corrected chi connectivity index (χ1v) is 6.90. The number of nitrogens with one attached hydrogen (secondary N) is 1. The molecular weight excluding hydrogens is 237 g/mol. The second kappa shape index (κ2) is 6.93. The van der Waals surface area contributed by atoms with E-state index in [4.69, 9.17) is 0 Å². The molecule has 0 radical (unpaired) electrons. The Morgan fingerprint density at radius 1 is 0.947 bits per heavy atom. The van der Waals surface area contributed by atoms with E-state index < -0.39 is 0 Å². The van der Waals surface area contributed by atoms with Crippen molar-refractivity contribution in [3.63, 3.8) is 0 Å². The summed E-state index contributed by atoms with van der Waals surface area (Å²) in [5.74, 6) is -0.227. The minimum Gasteiger partial charge on any atom is -0.353 e. The van der Waals surface area contributed by atoms with Crippen molar-refractivity contribution in [1.29, 1.82) is 0 Å². The zero-order valence-electron chi connectivity index (χ0n) is 11.3. The van der Waals surface area contributed by atoms with E-state index in [0.29, 0.717) is 5.69 Å². The van der Waals surface area contributed by atoms with Gasteiger partial charge < -0.3 is 5.32 Å². The molecule has 0 unspecified atom stereocenters. The second-order valence-corrected chi connectivity index (χ2v) is 4.76. The van der Waals surface area contributed by atoms with Crippen molar-refractivity contribution in [3.8, 4) is 0 Å². The highest BCUT2D eigenvalue weighted by Crippen LogP contribution is 2.20. The number of para-hydroxylation sites is 1. The maximum atomic E-state index is 13.5. The standard InChI is InChI=1S/C17H20FN/c1-2-3-4-7-14-10-12-15(13-11-14)19-17-9-6-5-8-16(17)18/h5-6,8-13,19H,2-4,7H2,1H3. The number of benzene rings is 2. The van der Waals surface area contributed by atoms with Crippen molar-refractivity contribution in [3.05, 3.63) is 59.9 Å². The van der Waals surface area contributed by atoms with Crippen molar-refractivity contribution in [2.75, 3.05) is 5.32 Å². The molecule has 0 saturated heterocycles. The fourth-order valence-electron chi connectivity index (χ4n) is 2.05. The van der Waals surface area contributed by atoms with E-state index in [-0.39, 0.29) is 5.82 Å². The van der Waals surface area contributed by atoms with Crippen molar-refractivity contribution in [2.24, 2.45) is 0 Å². The number of anilines is 2. The molecule has 2 rings (SSSR count). The molecular formula is C17H20FN. The van der Waals surface area contributed by atoms with Gasteiger partial charge in [-0.1, -0.05) is 44.0 Å². The molecule has 0 aliphatic heterocycles. The Bertz CT molecular complexity index is 505.